The molecule has 0 saturated heterocycles. The van der Waals surface area contributed by atoms with Crippen LogP contribution in [0.2, 0.25) is 0 Å². The van der Waals surface area contributed by atoms with E-state index in [1.54, 1.807) is 0 Å². The fourth-order valence-corrected chi connectivity index (χ4v) is 8.91. The maximum atomic E-state index is 15.4. The first-order chi connectivity index (χ1) is 20.6. The van der Waals surface area contributed by atoms with Gasteiger partial charge in [0.05, 0.1) is 0 Å². The lowest BCUT2D eigenvalue weighted by molar-refractivity contribution is 0.299. The normalized spacial score (nSPS) is 28.6. The van der Waals surface area contributed by atoms with Crippen molar-refractivity contribution in [3.05, 3.63) is 70.3 Å². The van der Waals surface area contributed by atoms with Gasteiger partial charge in [0, 0.05) is 0 Å². The number of rotatable bonds is 12. The summed E-state index contributed by atoms with van der Waals surface area (Å²) in [5.74, 6) is 3.38. The van der Waals surface area contributed by atoms with Gasteiger partial charge in [0.2, 0.25) is 0 Å². The first kappa shape index (κ1) is 31.7. The van der Waals surface area contributed by atoms with Crippen LogP contribution in [0.15, 0.2) is 36.4 Å². The monoisotopic (exact) mass is 576 g/mol. The minimum Gasteiger partial charge on any atom is -0.207 e. The second-order valence-corrected chi connectivity index (χ2v) is 14.5. The Morgan fingerprint density at radius 1 is 0.476 bits per heavy atom. The first-order valence-electron chi connectivity index (χ1n) is 18.1. The molecule has 0 nitrogen and oxygen atoms in total. The van der Waals surface area contributed by atoms with Gasteiger partial charge in [0.15, 0.2) is 0 Å². The predicted molar refractivity (Wildman–Crippen MR) is 174 cm³/mol. The summed E-state index contributed by atoms with van der Waals surface area (Å²) in [6.45, 7) is 4.55. The Morgan fingerprint density at radius 3 is 1.21 bits per heavy atom. The molecule has 0 heterocycles. The Morgan fingerprint density at radius 2 is 0.833 bits per heavy atom. The van der Waals surface area contributed by atoms with Crippen LogP contribution in [0, 0.1) is 23.5 Å². The summed E-state index contributed by atoms with van der Waals surface area (Å²) in [5, 5.41) is 0. The second kappa shape index (κ2) is 15.9. The van der Waals surface area contributed by atoms with Gasteiger partial charge in [0.25, 0.3) is 0 Å². The summed E-state index contributed by atoms with van der Waals surface area (Å²) in [7, 11) is 0. The molecule has 42 heavy (non-hydrogen) atoms. The maximum Gasteiger partial charge on any atom is 0.126 e. The molecule has 0 radical (unpaired) electrons. The van der Waals surface area contributed by atoms with Crippen LogP contribution < -0.4 is 0 Å². The molecule has 3 saturated carbocycles. The van der Waals surface area contributed by atoms with E-state index in [1.165, 1.54) is 95.5 Å². The van der Waals surface area contributed by atoms with Crippen LogP contribution in [-0.2, 0) is 0 Å². The van der Waals surface area contributed by atoms with E-state index in [1.807, 2.05) is 12.1 Å². The highest BCUT2D eigenvalue weighted by Gasteiger charge is 2.29. The molecule has 0 unspecified atom stereocenters. The molecule has 232 valence electrons. The highest BCUT2D eigenvalue weighted by atomic mass is 19.1. The molecule has 0 aromatic heterocycles. The fraction of sp³-hybridized carbons (Fsp3) is 0.700. The lowest BCUT2D eigenvalue weighted by atomic mass is 9.74. The molecule has 0 spiro atoms. The van der Waals surface area contributed by atoms with Gasteiger partial charge in [-0.3, -0.25) is 0 Å². The van der Waals surface area contributed by atoms with Crippen molar-refractivity contribution >= 4 is 0 Å². The van der Waals surface area contributed by atoms with Gasteiger partial charge in [-0.2, -0.15) is 0 Å². The first-order valence-corrected chi connectivity index (χ1v) is 18.1. The predicted octanol–water partition coefficient (Wildman–Crippen LogP) is 13.1. The van der Waals surface area contributed by atoms with Gasteiger partial charge in [0.1, 0.15) is 11.6 Å². The van der Waals surface area contributed by atoms with Gasteiger partial charge >= 0.3 is 0 Å². The summed E-state index contributed by atoms with van der Waals surface area (Å²) in [4.78, 5) is 0. The van der Waals surface area contributed by atoms with E-state index in [0.717, 1.165) is 67.1 Å². The van der Waals surface area contributed by atoms with Crippen molar-refractivity contribution in [2.75, 3.05) is 0 Å². The van der Waals surface area contributed by atoms with Gasteiger partial charge in [-0.15, -0.1) is 0 Å². The highest BCUT2D eigenvalue weighted by molar-refractivity contribution is 5.32. The standard InChI is InChI=1S/C40H58F2/c1-3-5-7-9-29-11-15-31(16-12-29)35-23-26-38(40(42)27-35)34-21-19-32(20-22-34)36-24-25-37(39(41)28-36)33-17-13-30(14-18-33)10-8-6-4-2/h23-34H,3-22H2,1-2H3. The van der Waals surface area contributed by atoms with Crippen molar-refractivity contribution in [3.63, 3.8) is 0 Å². The largest absolute Gasteiger partial charge is 0.207 e. The Hall–Kier alpha value is -1.70. The average molecular weight is 577 g/mol. The van der Waals surface area contributed by atoms with E-state index in [4.69, 9.17) is 0 Å². The molecule has 3 aliphatic rings. The molecule has 2 aromatic carbocycles. The molecule has 5 rings (SSSR count). The minimum absolute atomic E-state index is 0.0106. The topological polar surface area (TPSA) is 0 Å². The van der Waals surface area contributed by atoms with E-state index in [0.29, 0.717) is 23.7 Å². The van der Waals surface area contributed by atoms with E-state index < -0.39 is 0 Å². The molecule has 0 N–H and O–H groups in total. The third-order valence-corrected chi connectivity index (χ3v) is 11.7. The molecule has 2 aromatic rings. The zero-order valence-corrected chi connectivity index (χ0v) is 26.8. The third-order valence-electron chi connectivity index (χ3n) is 11.7. The van der Waals surface area contributed by atoms with Crippen LogP contribution in [0.4, 0.5) is 8.78 Å². The number of halogens is 2. The Balaban J connectivity index is 1.10. The van der Waals surface area contributed by atoms with Crippen LogP contribution in [0.3, 0.4) is 0 Å². The third kappa shape index (κ3) is 8.26. The lowest BCUT2D eigenvalue weighted by Crippen LogP contribution is -2.16. The van der Waals surface area contributed by atoms with Crippen LogP contribution >= 0.6 is 0 Å². The van der Waals surface area contributed by atoms with Crippen LogP contribution in [0.25, 0.3) is 0 Å². The summed E-state index contributed by atoms with van der Waals surface area (Å²) < 4.78 is 30.8. The van der Waals surface area contributed by atoms with E-state index >= 15 is 8.78 Å². The summed E-state index contributed by atoms with van der Waals surface area (Å²) in [6.07, 6.45) is 24.7. The highest BCUT2D eigenvalue weighted by Crippen LogP contribution is 2.44. The van der Waals surface area contributed by atoms with E-state index in [-0.39, 0.29) is 11.6 Å². The Kier molecular flexibility index (Phi) is 12.0. The lowest BCUT2D eigenvalue weighted by Gasteiger charge is -2.31. The number of benzene rings is 2. The average Bonchev–Trinajstić information content (AvgIpc) is 3.02. The molecule has 3 fully saturated rings. The van der Waals surface area contributed by atoms with Crippen LogP contribution in [0.5, 0.6) is 0 Å². The summed E-state index contributed by atoms with van der Waals surface area (Å²) in [6, 6.07) is 12.4. The Bertz CT molecular complexity index is 1080. The van der Waals surface area contributed by atoms with Gasteiger partial charge in [-0.05, 0) is 147 Å². The molecule has 0 bridgehead atoms. The minimum atomic E-state index is 0.0106. The van der Waals surface area contributed by atoms with Crippen molar-refractivity contribution in [3.8, 4) is 0 Å². The van der Waals surface area contributed by atoms with Crippen molar-refractivity contribution in [1.82, 2.24) is 0 Å². The summed E-state index contributed by atoms with van der Waals surface area (Å²) >= 11 is 0. The van der Waals surface area contributed by atoms with Gasteiger partial charge in [-0.1, -0.05) is 89.5 Å². The van der Waals surface area contributed by atoms with Crippen molar-refractivity contribution in [2.45, 2.75) is 166 Å². The smallest absolute Gasteiger partial charge is 0.126 e. The van der Waals surface area contributed by atoms with Crippen molar-refractivity contribution in [1.29, 1.82) is 0 Å². The number of hydrogen-bond acceptors (Lipinski definition) is 0. The van der Waals surface area contributed by atoms with Crippen molar-refractivity contribution < 1.29 is 8.78 Å². The molecule has 0 aliphatic heterocycles. The molecule has 3 aliphatic carbocycles. The van der Waals surface area contributed by atoms with Gasteiger partial charge in [-0.25, -0.2) is 8.78 Å². The molecule has 2 heteroatoms. The number of unbranched alkanes of at least 4 members (excludes halogenated alkanes) is 4. The zero-order valence-electron chi connectivity index (χ0n) is 26.8. The zero-order chi connectivity index (χ0) is 29.3. The SMILES string of the molecule is CCCCCC1CCC(c2ccc(C3CCC(c4ccc(C5CCC(CCCCC)CC5)c(F)c4)CC3)c(F)c2)CC1. The summed E-state index contributed by atoms with van der Waals surface area (Å²) in [5.41, 5.74) is 4.24. The fourth-order valence-electron chi connectivity index (χ4n) is 8.91. The molecular weight excluding hydrogens is 518 g/mol. The molecule has 0 atom stereocenters. The van der Waals surface area contributed by atoms with E-state index in [9.17, 15) is 0 Å². The van der Waals surface area contributed by atoms with Crippen LogP contribution in [-0.4, -0.2) is 0 Å². The van der Waals surface area contributed by atoms with Crippen LogP contribution in [0.1, 0.15) is 188 Å². The maximum absolute atomic E-state index is 15.4. The van der Waals surface area contributed by atoms with E-state index in [2.05, 4.69) is 38.1 Å². The second-order valence-electron chi connectivity index (χ2n) is 14.5. The molecule has 0 amide bonds. The van der Waals surface area contributed by atoms with Gasteiger partial charge < -0.3 is 0 Å². The van der Waals surface area contributed by atoms with Crippen molar-refractivity contribution in [2.24, 2.45) is 11.8 Å². The quantitative estimate of drug-likeness (QED) is 0.220. The number of hydrogen-bond donors (Lipinski definition) is 0. The Labute approximate surface area is 256 Å². The molecular formula is C40H58F2.